The Labute approximate surface area is 73.2 Å². The Balaban J connectivity index is 2.74. The number of nitrogens with two attached hydrogens (primary N) is 1. The molecule has 0 unspecified atom stereocenters. The quantitative estimate of drug-likeness (QED) is 0.676. The van der Waals surface area contributed by atoms with Crippen LogP contribution < -0.4 is 5.73 Å². The first kappa shape index (κ1) is 7.42. The molecule has 62 valence electrons. The van der Waals surface area contributed by atoms with Crippen LogP contribution in [0.4, 0.5) is 5.69 Å². The highest BCUT2D eigenvalue weighted by Crippen LogP contribution is 2.23. The van der Waals surface area contributed by atoms with Gasteiger partial charge in [0, 0.05) is 6.20 Å². The maximum absolute atomic E-state index is 5.65. The van der Waals surface area contributed by atoms with Gasteiger partial charge >= 0.3 is 0 Å². The van der Waals surface area contributed by atoms with Gasteiger partial charge in [-0.15, -0.1) is 0 Å². The molecule has 0 aliphatic carbocycles. The number of hydrogen-bond donors (Lipinski definition) is 1. The van der Waals surface area contributed by atoms with E-state index in [2.05, 4.69) is 9.97 Å². The number of hydrogen-bond acceptors (Lipinski definition) is 5. The van der Waals surface area contributed by atoms with Gasteiger partial charge in [0.15, 0.2) is 5.52 Å². The summed E-state index contributed by atoms with van der Waals surface area (Å²) in [5.74, 6) is 0. The van der Waals surface area contributed by atoms with Crippen molar-refractivity contribution in [3.05, 3.63) is 12.3 Å². The van der Waals surface area contributed by atoms with E-state index in [1.54, 1.807) is 12.3 Å². The van der Waals surface area contributed by atoms with E-state index in [1.165, 1.54) is 11.8 Å². The van der Waals surface area contributed by atoms with Crippen molar-refractivity contribution in [3.63, 3.8) is 0 Å². The summed E-state index contributed by atoms with van der Waals surface area (Å²) in [4.78, 5) is 8.13. The SMILES string of the molecule is CSc1nc2c(N)ccnc2o1. The van der Waals surface area contributed by atoms with Crippen LogP contribution in [0.2, 0.25) is 0 Å². The average molecular weight is 181 g/mol. The first-order valence-electron chi connectivity index (χ1n) is 3.36. The van der Waals surface area contributed by atoms with Crippen molar-refractivity contribution >= 4 is 28.7 Å². The first-order valence-corrected chi connectivity index (χ1v) is 4.59. The van der Waals surface area contributed by atoms with Crippen LogP contribution in [-0.4, -0.2) is 16.2 Å². The molecule has 0 aliphatic rings. The van der Waals surface area contributed by atoms with Gasteiger partial charge in [-0.05, 0) is 12.3 Å². The van der Waals surface area contributed by atoms with Crippen molar-refractivity contribution in [3.8, 4) is 0 Å². The number of anilines is 1. The predicted octanol–water partition coefficient (Wildman–Crippen LogP) is 1.53. The largest absolute Gasteiger partial charge is 0.412 e. The molecule has 2 N–H and O–H groups in total. The standard InChI is InChI=1S/C7H7N3OS/c1-12-7-10-5-4(8)2-3-9-6(5)11-7/h2-3H,1H3,(H2,8,9). The van der Waals surface area contributed by atoms with Crippen molar-refractivity contribution in [1.29, 1.82) is 0 Å². The third kappa shape index (κ3) is 1.02. The summed E-state index contributed by atoms with van der Waals surface area (Å²) in [6.45, 7) is 0. The minimum absolute atomic E-state index is 0.499. The summed E-state index contributed by atoms with van der Waals surface area (Å²) in [5.41, 5.74) is 7.39. The second kappa shape index (κ2) is 2.67. The lowest BCUT2D eigenvalue weighted by Crippen LogP contribution is -1.86. The van der Waals surface area contributed by atoms with Crippen LogP contribution in [0.3, 0.4) is 0 Å². The van der Waals surface area contributed by atoms with E-state index in [-0.39, 0.29) is 0 Å². The predicted molar refractivity (Wildman–Crippen MR) is 48.0 cm³/mol. The number of oxazole rings is 1. The van der Waals surface area contributed by atoms with Crippen LogP contribution in [-0.2, 0) is 0 Å². The van der Waals surface area contributed by atoms with E-state index in [9.17, 15) is 0 Å². The maximum atomic E-state index is 5.65. The highest BCUT2D eigenvalue weighted by atomic mass is 32.2. The van der Waals surface area contributed by atoms with Gasteiger partial charge in [0.25, 0.3) is 5.22 Å². The zero-order valence-electron chi connectivity index (χ0n) is 6.44. The van der Waals surface area contributed by atoms with Crippen molar-refractivity contribution < 1.29 is 4.42 Å². The monoisotopic (exact) mass is 181 g/mol. The lowest BCUT2D eigenvalue weighted by Gasteiger charge is -1.88. The third-order valence-electron chi connectivity index (χ3n) is 1.48. The molecule has 0 bridgehead atoms. The molecule has 2 heterocycles. The fourth-order valence-corrected chi connectivity index (χ4v) is 1.26. The van der Waals surface area contributed by atoms with Crippen LogP contribution in [0.5, 0.6) is 0 Å². The molecule has 12 heavy (non-hydrogen) atoms. The summed E-state index contributed by atoms with van der Waals surface area (Å²) in [5, 5.41) is 0.593. The van der Waals surface area contributed by atoms with Crippen molar-refractivity contribution in [2.75, 3.05) is 12.0 Å². The summed E-state index contributed by atoms with van der Waals surface area (Å²) >= 11 is 1.43. The molecule has 0 atom stereocenters. The van der Waals surface area contributed by atoms with Gasteiger partial charge < -0.3 is 10.2 Å². The van der Waals surface area contributed by atoms with E-state index in [0.717, 1.165) is 0 Å². The Morgan fingerprint density at radius 1 is 1.58 bits per heavy atom. The molecular formula is C7H7N3OS. The summed E-state index contributed by atoms with van der Waals surface area (Å²) in [7, 11) is 0. The number of nitrogen functional groups attached to an aromatic ring is 1. The van der Waals surface area contributed by atoms with Crippen molar-refractivity contribution in [2.24, 2.45) is 0 Å². The zero-order valence-corrected chi connectivity index (χ0v) is 7.26. The average Bonchev–Trinajstić information content (AvgIpc) is 2.49. The van der Waals surface area contributed by atoms with Gasteiger partial charge in [0.05, 0.1) is 5.69 Å². The van der Waals surface area contributed by atoms with Crippen molar-refractivity contribution in [2.45, 2.75) is 5.22 Å². The zero-order chi connectivity index (χ0) is 8.55. The topological polar surface area (TPSA) is 64.9 Å². The molecule has 5 heteroatoms. The summed E-state index contributed by atoms with van der Waals surface area (Å²) in [6.07, 6.45) is 3.49. The number of nitrogens with zero attached hydrogens (tertiary/aromatic N) is 2. The normalized spacial score (nSPS) is 10.8. The molecule has 0 amide bonds. The van der Waals surface area contributed by atoms with Crippen LogP contribution in [0.15, 0.2) is 21.9 Å². The number of thioether (sulfide) groups is 1. The van der Waals surface area contributed by atoms with Crippen LogP contribution in [0.1, 0.15) is 0 Å². The van der Waals surface area contributed by atoms with E-state index in [0.29, 0.717) is 22.1 Å². The van der Waals surface area contributed by atoms with E-state index >= 15 is 0 Å². The van der Waals surface area contributed by atoms with Gasteiger partial charge in [-0.3, -0.25) is 0 Å². The Morgan fingerprint density at radius 2 is 2.42 bits per heavy atom. The van der Waals surface area contributed by atoms with Crippen LogP contribution in [0.25, 0.3) is 11.2 Å². The lowest BCUT2D eigenvalue weighted by molar-refractivity contribution is 0.482. The molecule has 0 radical (unpaired) electrons. The highest BCUT2D eigenvalue weighted by molar-refractivity contribution is 7.98. The molecule has 0 aromatic carbocycles. The third-order valence-corrected chi connectivity index (χ3v) is 2.01. The van der Waals surface area contributed by atoms with Gasteiger partial charge in [-0.1, -0.05) is 11.8 Å². The van der Waals surface area contributed by atoms with Crippen molar-refractivity contribution in [1.82, 2.24) is 9.97 Å². The summed E-state index contributed by atoms with van der Waals surface area (Å²) in [6, 6.07) is 1.70. The lowest BCUT2D eigenvalue weighted by atomic mass is 10.4. The fraction of sp³-hybridized carbons (Fsp3) is 0.143. The molecular weight excluding hydrogens is 174 g/mol. The molecule has 0 spiro atoms. The molecule has 4 nitrogen and oxygen atoms in total. The van der Waals surface area contributed by atoms with Gasteiger partial charge in [0.2, 0.25) is 5.71 Å². The Hall–Kier alpha value is -1.23. The second-order valence-corrected chi connectivity index (χ2v) is 3.00. The van der Waals surface area contributed by atoms with Gasteiger partial charge in [0.1, 0.15) is 0 Å². The molecule has 0 fully saturated rings. The fourth-order valence-electron chi connectivity index (χ4n) is 0.920. The molecule has 2 rings (SSSR count). The van der Waals surface area contributed by atoms with Crippen LogP contribution in [0, 0.1) is 0 Å². The van der Waals surface area contributed by atoms with E-state index in [1.807, 2.05) is 6.26 Å². The smallest absolute Gasteiger partial charge is 0.258 e. The van der Waals surface area contributed by atoms with E-state index in [4.69, 9.17) is 10.2 Å². The maximum Gasteiger partial charge on any atom is 0.258 e. The number of fused-ring (bicyclic) bond motifs is 1. The molecule has 0 saturated heterocycles. The number of aromatic nitrogens is 2. The minimum atomic E-state index is 0.499. The Morgan fingerprint density at radius 3 is 3.08 bits per heavy atom. The number of rotatable bonds is 1. The second-order valence-electron chi connectivity index (χ2n) is 2.24. The number of pyridine rings is 1. The first-order chi connectivity index (χ1) is 5.81. The molecule has 2 aromatic rings. The molecule has 0 aliphatic heterocycles. The molecule has 2 aromatic heterocycles. The van der Waals surface area contributed by atoms with Crippen LogP contribution >= 0.6 is 11.8 Å². The van der Waals surface area contributed by atoms with Gasteiger partial charge in [-0.2, -0.15) is 4.98 Å². The Kier molecular flexibility index (Phi) is 1.65. The Bertz CT molecular complexity index is 412. The van der Waals surface area contributed by atoms with E-state index < -0.39 is 0 Å². The highest BCUT2D eigenvalue weighted by Gasteiger charge is 2.07. The minimum Gasteiger partial charge on any atom is -0.412 e. The van der Waals surface area contributed by atoms with Gasteiger partial charge in [-0.25, -0.2) is 4.98 Å². The molecule has 0 saturated carbocycles. The summed E-state index contributed by atoms with van der Waals surface area (Å²) < 4.78 is 5.26.